The van der Waals surface area contributed by atoms with E-state index in [1.807, 2.05) is 44.2 Å². The van der Waals surface area contributed by atoms with Crippen LogP contribution >= 0.6 is 0 Å². The lowest BCUT2D eigenvalue weighted by Crippen LogP contribution is -2.60. The zero-order valence-electron chi connectivity index (χ0n) is 21.9. The van der Waals surface area contributed by atoms with Crippen molar-refractivity contribution in [3.8, 4) is 5.75 Å². The Balaban J connectivity index is 1.58. The maximum atomic E-state index is 13.6. The predicted molar refractivity (Wildman–Crippen MR) is 132 cm³/mol. The minimum atomic E-state index is -4.80. The number of rotatable bonds is 9. The second-order valence-corrected chi connectivity index (χ2v) is 10.5. The van der Waals surface area contributed by atoms with Crippen molar-refractivity contribution in [2.75, 3.05) is 0 Å². The van der Waals surface area contributed by atoms with Gasteiger partial charge in [0, 0.05) is 18.9 Å². The highest BCUT2D eigenvalue weighted by molar-refractivity contribution is 5.85. The number of amides is 1. The molecule has 2 aliphatic rings. The molecule has 2 fully saturated rings. The summed E-state index contributed by atoms with van der Waals surface area (Å²) < 4.78 is 67.0. The monoisotopic (exact) mass is 537 g/mol. The molecule has 2 aromatic rings. The SMILES string of the molecule is CC(C)NC(=O)[C@@]1(OCc2ccccc2)C[C@@H](OCc2cccc(OC(F)(F)F)c2)[C@@H]2OC(C)(C)O[C@@H]2C1. The molecule has 1 saturated carbocycles. The summed E-state index contributed by atoms with van der Waals surface area (Å²) in [4.78, 5) is 13.6. The fraction of sp³-hybridized carbons (Fsp3) is 0.536. The Hall–Kier alpha value is -2.66. The van der Waals surface area contributed by atoms with Gasteiger partial charge in [0.1, 0.15) is 11.9 Å². The molecule has 0 aromatic heterocycles. The lowest BCUT2D eigenvalue weighted by Gasteiger charge is -2.43. The van der Waals surface area contributed by atoms with Crippen molar-refractivity contribution >= 4 is 5.91 Å². The summed E-state index contributed by atoms with van der Waals surface area (Å²) in [5, 5.41) is 2.97. The highest BCUT2D eigenvalue weighted by Gasteiger charge is 2.58. The fourth-order valence-corrected chi connectivity index (χ4v) is 4.93. The van der Waals surface area contributed by atoms with Crippen LogP contribution in [-0.4, -0.2) is 48.0 Å². The van der Waals surface area contributed by atoms with Crippen LogP contribution in [0.5, 0.6) is 5.75 Å². The van der Waals surface area contributed by atoms with Crippen LogP contribution in [0, 0.1) is 0 Å². The van der Waals surface area contributed by atoms with Crippen molar-refractivity contribution in [2.45, 2.75) is 95.9 Å². The van der Waals surface area contributed by atoms with Crippen LogP contribution in [0.3, 0.4) is 0 Å². The first kappa shape index (κ1) is 28.4. The summed E-state index contributed by atoms with van der Waals surface area (Å²) in [6.45, 7) is 7.51. The molecule has 1 aliphatic heterocycles. The van der Waals surface area contributed by atoms with E-state index in [2.05, 4.69) is 10.1 Å². The summed E-state index contributed by atoms with van der Waals surface area (Å²) in [5.41, 5.74) is 0.125. The Morgan fingerprint density at radius 3 is 2.42 bits per heavy atom. The molecule has 7 nitrogen and oxygen atoms in total. The Kier molecular flexibility index (Phi) is 8.37. The number of alkyl halides is 3. The van der Waals surface area contributed by atoms with Crippen molar-refractivity contribution in [3.63, 3.8) is 0 Å². The van der Waals surface area contributed by atoms with Crippen molar-refractivity contribution in [1.82, 2.24) is 5.32 Å². The van der Waals surface area contributed by atoms with Crippen LogP contribution in [-0.2, 0) is 37.0 Å². The molecule has 0 bridgehead atoms. The van der Waals surface area contributed by atoms with Gasteiger partial charge in [-0.1, -0.05) is 42.5 Å². The molecule has 1 saturated heterocycles. The van der Waals surface area contributed by atoms with Gasteiger partial charge in [-0.05, 0) is 51.0 Å². The number of hydrogen-bond acceptors (Lipinski definition) is 6. The molecule has 0 radical (unpaired) electrons. The van der Waals surface area contributed by atoms with Gasteiger partial charge in [-0.3, -0.25) is 4.79 Å². The normalized spacial score (nSPS) is 26.7. The van der Waals surface area contributed by atoms with E-state index in [0.29, 0.717) is 5.56 Å². The Morgan fingerprint density at radius 1 is 1.03 bits per heavy atom. The molecule has 0 spiro atoms. The maximum Gasteiger partial charge on any atom is 0.573 e. The van der Waals surface area contributed by atoms with Crippen molar-refractivity contribution in [3.05, 3.63) is 65.7 Å². The van der Waals surface area contributed by atoms with Crippen LogP contribution in [0.2, 0.25) is 0 Å². The number of benzene rings is 2. The third kappa shape index (κ3) is 7.25. The van der Waals surface area contributed by atoms with E-state index in [1.165, 1.54) is 18.2 Å². The average Bonchev–Trinajstić information content (AvgIpc) is 3.14. The second kappa shape index (κ2) is 11.2. The summed E-state index contributed by atoms with van der Waals surface area (Å²) in [5.74, 6) is -1.51. The number of halogens is 3. The first-order chi connectivity index (χ1) is 17.8. The molecule has 208 valence electrons. The number of ether oxygens (including phenoxy) is 5. The van der Waals surface area contributed by atoms with Crippen LogP contribution in [0.25, 0.3) is 0 Å². The van der Waals surface area contributed by atoms with Crippen LogP contribution in [0.1, 0.15) is 51.7 Å². The lowest BCUT2D eigenvalue weighted by molar-refractivity contribution is -0.274. The van der Waals surface area contributed by atoms with Gasteiger partial charge < -0.3 is 29.0 Å². The minimum absolute atomic E-state index is 0.0205. The molecular formula is C28H34F3NO6. The molecule has 1 amide bonds. The zero-order valence-corrected chi connectivity index (χ0v) is 21.9. The number of carbonyl (C=O) groups excluding carboxylic acids is 1. The van der Waals surface area contributed by atoms with Crippen molar-refractivity contribution in [1.29, 1.82) is 0 Å². The molecule has 4 atom stereocenters. The van der Waals surface area contributed by atoms with Crippen LogP contribution in [0.4, 0.5) is 13.2 Å². The summed E-state index contributed by atoms with van der Waals surface area (Å²) in [7, 11) is 0. The standard InChI is InChI=1S/C28H34F3NO6/c1-18(2)32-25(33)27(35-17-19-9-6-5-7-10-19)14-22(24-23(15-27)37-26(3,4)38-24)34-16-20-11-8-12-21(13-20)36-28(29,30)31/h5-13,18,22-24H,14-17H2,1-4H3,(H,32,33)/t22-,23-,24+,27-/m1/s1. The topological polar surface area (TPSA) is 75.3 Å². The van der Waals surface area contributed by atoms with E-state index in [4.69, 9.17) is 18.9 Å². The first-order valence-electron chi connectivity index (χ1n) is 12.6. The molecule has 1 aliphatic carbocycles. The van der Waals surface area contributed by atoms with Gasteiger partial charge in [0.2, 0.25) is 0 Å². The largest absolute Gasteiger partial charge is 0.573 e. The van der Waals surface area contributed by atoms with E-state index in [0.717, 1.165) is 5.56 Å². The maximum absolute atomic E-state index is 13.6. The summed E-state index contributed by atoms with van der Waals surface area (Å²) in [6, 6.07) is 15.0. The fourth-order valence-electron chi connectivity index (χ4n) is 4.93. The first-order valence-corrected chi connectivity index (χ1v) is 12.6. The molecule has 2 aromatic carbocycles. The van der Waals surface area contributed by atoms with Crippen molar-refractivity contribution in [2.24, 2.45) is 0 Å². The molecule has 4 rings (SSSR count). The molecule has 10 heteroatoms. The minimum Gasteiger partial charge on any atom is -0.406 e. The van der Waals surface area contributed by atoms with Crippen molar-refractivity contribution < 1.29 is 41.7 Å². The quantitative estimate of drug-likeness (QED) is 0.470. The van der Waals surface area contributed by atoms with E-state index >= 15 is 0 Å². The van der Waals surface area contributed by atoms with Crippen LogP contribution < -0.4 is 10.1 Å². The van der Waals surface area contributed by atoms with Crippen LogP contribution in [0.15, 0.2) is 54.6 Å². The van der Waals surface area contributed by atoms with Gasteiger partial charge in [0.05, 0.1) is 25.4 Å². The molecular weight excluding hydrogens is 503 g/mol. The Labute approximate surface area is 220 Å². The van der Waals surface area contributed by atoms with Gasteiger partial charge in [0.15, 0.2) is 11.4 Å². The van der Waals surface area contributed by atoms with Gasteiger partial charge in [-0.25, -0.2) is 0 Å². The molecule has 38 heavy (non-hydrogen) atoms. The number of hydrogen-bond donors (Lipinski definition) is 1. The Morgan fingerprint density at radius 2 is 1.74 bits per heavy atom. The Bertz CT molecular complexity index is 1090. The van der Waals surface area contributed by atoms with Gasteiger partial charge in [-0.2, -0.15) is 0 Å². The number of carbonyl (C=O) groups is 1. The summed E-state index contributed by atoms with van der Waals surface area (Å²) >= 11 is 0. The number of fused-ring (bicyclic) bond motifs is 1. The number of nitrogens with one attached hydrogen (secondary N) is 1. The third-order valence-electron chi connectivity index (χ3n) is 6.44. The average molecular weight is 538 g/mol. The second-order valence-electron chi connectivity index (χ2n) is 10.5. The molecule has 1 heterocycles. The van der Waals surface area contributed by atoms with Gasteiger partial charge in [0.25, 0.3) is 5.91 Å². The van der Waals surface area contributed by atoms with E-state index < -0.39 is 36.1 Å². The predicted octanol–water partition coefficient (Wildman–Crippen LogP) is 5.26. The summed E-state index contributed by atoms with van der Waals surface area (Å²) in [6.07, 6.45) is -5.96. The van der Waals surface area contributed by atoms with E-state index in [1.54, 1.807) is 19.9 Å². The van der Waals surface area contributed by atoms with E-state index in [-0.39, 0.29) is 43.8 Å². The highest BCUT2D eigenvalue weighted by Crippen LogP contribution is 2.44. The van der Waals surface area contributed by atoms with Gasteiger partial charge >= 0.3 is 6.36 Å². The van der Waals surface area contributed by atoms with E-state index in [9.17, 15) is 18.0 Å². The van der Waals surface area contributed by atoms with Gasteiger partial charge in [-0.15, -0.1) is 13.2 Å². The smallest absolute Gasteiger partial charge is 0.406 e. The zero-order chi connectivity index (χ0) is 27.6. The highest BCUT2D eigenvalue weighted by atomic mass is 19.4. The lowest BCUT2D eigenvalue weighted by atomic mass is 9.78. The third-order valence-corrected chi connectivity index (χ3v) is 6.44. The molecule has 0 unspecified atom stereocenters. The molecule has 1 N–H and O–H groups in total.